The Balaban J connectivity index is 2.32. The Bertz CT molecular complexity index is 978. The lowest BCUT2D eigenvalue weighted by atomic mass is 10.2. The number of pyridine rings is 1. The van der Waals surface area contributed by atoms with E-state index in [1.54, 1.807) is 25.1 Å². The van der Waals surface area contributed by atoms with Crippen LogP contribution < -0.4 is 0 Å². The molecular formula is C14H11N3O4S. The molecule has 0 atom stereocenters. The lowest BCUT2D eigenvalue weighted by Crippen LogP contribution is -2.12. The van der Waals surface area contributed by atoms with Crippen LogP contribution in [-0.4, -0.2) is 22.3 Å². The smallest absolute Gasteiger partial charge is 0.258 e. The topological polar surface area (TPSA) is 95.1 Å². The molecule has 2 heterocycles. The molecule has 112 valence electrons. The normalized spacial score (nSPS) is 11.7. The van der Waals surface area contributed by atoms with E-state index in [1.807, 2.05) is 0 Å². The van der Waals surface area contributed by atoms with E-state index < -0.39 is 14.9 Å². The number of rotatable bonds is 3. The van der Waals surface area contributed by atoms with Gasteiger partial charge >= 0.3 is 0 Å². The van der Waals surface area contributed by atoms with Crippen LogP contribution in [0.2, 0.25) is 0 Å². The van der Waals surface area contributed by atoms with Crippen molar-refractivity contribution in [2.24, 2.45) is 0 Å². The van der Waals surface area contributed by atoms with Crippen molar-refractivity contribution in [2.45, 2.75) is 11.8 Å². The second-order valence-corrected chi connectivity index (χ2v) is 6.52. The number of aromatic nitrogens is 2. The van der Waals surface area contributed by atoms with Gasteiger partial charge in [-0.3, -0.25) is 10.1 Å². The fourth-order valence-corrected chi connectivity index (χ4v) is 3.56. The van der Waals surface area contributed by atoms with E-state index >= 15 is 0 Å². The third-order valence-corrected chi connectivity index (χ3v) is 4.91. The van der Waals surface area contributed by atoms with Gasteiger partial charge in [-0.25, -0.2) is 17.4 Å². The molecule has 0 spiro atoms. The largest absolute Gasteiger partial charge is 0.282 e. The molecule has 0 saturated carbocycles. The van der Waals surface area contributed by atoms with Gasteiger partial charge in [0.05, 0.1) is 15.2 Å². The van der Waals surface area contributed by atoms with Gasteiger partial charge in [0.15, 0.2) is 5.65 Å². The van der Waals surface area contributed by atoms with Crippen LogP contribution in [0.5, 0.6) is 0 Å². The molecule has 0 unspecified atom stereocenters. The zero-order valence-corrected chi connectivity index (χ0v) is 12.3. The molecule has 8 heteroatoms. The Morgan fingerprint density at radius 1 is 1.18 bits per heavy atom. The first-order valence-electron chi connectivity index (χ1n) is 6.35. The van der Waals surface area contributed by atoms with E-state index in [0.29, 0.717) is 5.69 Å². The summed E-state index contributed by atoms with van der Waals surface area (Å²) in [5.41, 5.74) is 0.266. The Labute approximate surface area is 126 Å². The summed E-state index contributed by atoms with van der Waals surface area (Å²) in [7, 11) is -3.85. The summed E-state index contributed by atoms with van der Waals surface area (Å²) in [6.45, 7) is 1.58. The first-order valence-corrected chi connectivity index (χ1v) is 7.79. The molecule has 0 bridgehead atoms. The van der Waals surface area contributed by atoms with Crippen LogP contribution in [0.15, 0.2) is 53.6 Å². The van der Waals surface area contributed by atoms with Crippen molar-refractivity contribution < 1.29 is 13.3 Å². The quantitative estimate of drug-likeness (QED) is 0.546. The van der Waals surface area contributed by atoms with Gasteiger partial charge in [0.25, 0.3) is 15.7 Å². The lowest BCUT2D eigenvalue weighted by Gasteiger charge is -2.07. The van der Waals surface area contributed by atoms with Gasteiger partial charge in [-0.15, -0.1) is 0 Å². The van der Waals surface area contributed by atoms with Gasteiger partial charge in [0.1, 0.15) is 0 Å². The van der Waals surface area contributed by atoms with E-state index in [9.17, 15) is 18.5 Å². The molecular weight excluding hydrogens is 306 g/mol. The molecule has 0 aliphatic heterocycles. The van der Waals surface area contributed by atoms with Gasteiger partial charge in [-0.1, -0.05) is 18.2 Å². The van der Waals surface area contributed by atoms with Crippen molar-refractivity contribution in [2.75, 3.05) is 0 Å². The van der Waals surface area contributed by atoms with Crippen LogP contribution in [0.4, 0.5) is 5.69 Å². The summed E-state index contributed by atoms with van der Waals surface area (Å²) in [6.07, 6.45) is 1.28. The number of nitro groups is 1. The predicted octanol–water partition coefficient (Wildman–Crippen LogP) is 2.49. The highest BCUT2D eigenvalue weighted by molar-refractivity contribution is 7.90. The average molecular weight is 317 g/mol. The zero-order valence-electron chi connectivity index (χ0n) is 11.5. The molecule has 0 aliphatic rings. The van der Waals surface area contributed by atoms with Crippen LogP contribution in [-0.2, 0) is 10.0 Å². The SMILES string of the molecule is Cc1cc([N+](=O)[O-])c2ccn(S(=O)(=O)c3ccccc3)c2n1. The molecule has 0 fully saturated rings. The zero-order chi connectivity index (χ0) is 15.9. The predicted molar refractivity (Wildman–Crippen MR) is 80.2 cm³/mol. The minimum atomic E-state index is -3.85. The highest BCUT2D eigenvalue weighted by Crippen LogP contribution is 2.28. The first-order chi connectivity index (χ1) is 10.4. The number of nitrogens with zero attached hydrogens (tertiary/aromatic N) is 3. The fourth-order valence-electron chi connectivity index (χ4n) is 2.24. The Morgan fingerprint density at radius 2 is 1.86 bits per heavy atom. The Kier molecular flexibility index (Phi) is 3.18. The van der Waals surface area contributed by atoms with Crippen molar-refractivity contribution >= 4 is 26.7 Å². The highest BCUT2D eigenvalue weighted by Gasteiger charge is 2.23. The maximum atomic E-state index is 12.7. The summed E-state index contributed by atoms with van der Waals surface area (Å²) >= 11 is 0. The molecule has 0 N–H and O–H groups in total. The molecule has 3 aromatic rings. The van der Waals surface area contributed by atoms with Crippen LogP contribution in [0.3, 0.4) is 0 Å². The minimum absolute atomic E-state index is 0.0514. The molecule has 1 aromatic carbocycles. The monoisotopic (exact) mass is 317 g/mol. The maximum absolute atomic E-state index is 12.7. The molecule has 0 saturated heterocycles. The third-order valence-electron chi connectivity index (χ3n) is 3.23. The standard InChI is InChI=1S/C14H11N3O4S/c1-10-9-13(17(18)19)12-7-8-16(14(12)15-10)22(20,21)11-5-3-2-4-6-11/h2-9H,1H3. The van der Waals surface area contributed by atoms with Crippen molar-refractivity contribution in [3.05, 3.63) is 64.5 Å². The minimum Gasteiger partial charge on any atom is -0.258 e. The van der Waals surface area contributed by atoms with E-state index in [-0.39, 0.29) is 21.6 Å². The van der Waals surface area contributed by atoms with Gasteiger partial charge in [0, 0.05) is 18.0 Å². The Morgan fingerprint density at radius 3 is 2.50 bits per heavy atom. The van der Waals surface area contributed by atoms with E-state index in [0.717, 1.165) is 3.97 Å². The molecule has 0 amide bonds. The summed E-state index contributed by atoms with van der Waals surface area (Å²) in [5, 5.41) is 11.3. The lowest BCUT2D eigenvalue weighted by molar-refractivity contribution is -0.383. The number of hydrogen-bond acceptors (Lipinski definition) is 5. The van der Waals surface area contributed by atoms with Crippen LogP contribution in [0, 0.1) is 17.0 Å². The van der Waals surface area contributed by atoms with Crippen LogP contribution in [0.25, 0.3) is 11.0 Å². The van der Waals surface area contributed by atoms with Crippen LogP contribution >= 0.6 is 0 Å². The summed E-state index contributed by atoms with van der Waals surface area (Å²) in [5.74, 6) is 0. The van der Waals surface area contributed by atoms with Crippen molar-refractivity contribution in [1.82, 2.24) is 8.96 Å². The molecule has 7 nitrogen and oxygen atoms in total. The second kappa shape index (κ2) is 4.92. The Hall–Kier alpha value is -2.74. The number of aryl methyl sites for hydroxylation is 1. The average Bonchev–Trinajstić information content (AvgIpc) is 2.91. The summed E-state index contributed by atoms with van der Waals surface area (Å²) in [6, 6.07) is 10.6. The maximum Gasteiger partial charge on any atom is 0.282 e. The number of benzene rings is 1. The molecule has 22 heavy (non-hydrogen) atoms. The van der Waals surface area contributed by atoms with E-state index in [1.165, 1.54) is 30.5 Å². The highest BCUT2D eigenvalue weighted by atomic mass is 32.2. The number of fused-ring (bicyclic) bond motifs is 1. The molecule has 2 aromatic heterocycles. The van der Waals surface area contributed by atoms with E-state index in [2.05, 4.69) is 4.98 Å². The summed E-state index contributed by atoms with van der Waals surface area (Å²) in [4.78, 5) is 14.8. The molecule has 0 radical (unpaired) electrons. The second-order valence-electron chi connectivity index (χ2n) is 4.71. The number of hydrogen-bond donors (Lipinski definition) is 0. The van der Waals surface area contributed by atoms with Gasteiger partial charge < -0.3 is 0 Å². The molecule has 0 aliphatic carbocycles. The first kappa shape index (κ1) is 14.2. The van der Waals surface area contributed by atoms with Crippen molar-refractivity contribution in [1.29, 1.82) is 0 Å². The fraction of sp³-hybridized carbons (Fsp3) is 0.0714. The van der Waals surface area contributed by atoms with Crippen molar-refractivity contribution in [3.8, 4) is 0 Å². The third kappa shape index (κ3) is 2.13. The van der Waals surface area contributed by atoms with E-state index in [4.69, 9.17) is 0 Å². The van der Waals surface area contributed by atoms with Gasteiger partial charge in [-0.05, 0) is 25.1 Å². The van der Waals surface area contributed by atoms with Gasteiger partial charge in [0.2, 0.25) is 0 Å². The summed E-state index contributed by atoms with van der Waals surface area (Å²) < 4.78 is 26.3. The van der Waals surface area contributed by atoms with Gasteiger partial charge in [-0.2, -0.15) is 0 Å². The van der Waals surface area contributed by atoms with Crippen molar-refractivity contribution in [3.63, 3.8) is 0 Å². The molecule has 3 rings (SSSR count). The van der Waals surface area contributed by atoms with Crippen LogP contribution in [0.1, 0.15) is 5.69 Å².